The van der Waals surface area contributed by atoms with Gasteiger partial charge in [-0.25, -0.2) is 8.42 Å². The topological polar surface area (TPSA) is 46.2 Å². The van der Waals surface area contributed by atoms with Crippen LogP contribution in [0.1, 0.15) is 27.1 Å². The molecule has 0 atom stereocenters. The lowest BCUT2D eigenvalue weighted by Gasteiger charge is -2.11. The Morgan fingerprint density at radius 1 is 0.806 bits per heavy atom. The summed E-state index contributed by atoms with van der Waals surface area (Å²) >= 11 is 1.80. The summed E-state index contributed by atoms with van der Waals surface area (Å²) in [5, 5.41) is 2.15. The van der Waals surface area contributed by atoms with E-state index in [-0.39, 0.29) is 4.90 Å². The molecular weight excluding hydrogens is 422 g/mol. The lowest BCUT2D eigenvalue weighted by atomic mass is 9.94. The number of anilines is 1. The molecule has 3 nitrogen and oxygen atoms in total. The Balaban J connectivity index is 1.55. The molecule has 1 aliphatic rings. The zero-order chi connectivity index (χ0) is 21.3. The van der Waals surface area contributed by atoms with E-state index in [4.69, 9.17) is 0 Å². The molecule has 1 aliphatic carbocycles. The van der Waals surface area contributed by atoms with Crippen LogP contribution in [0.2, 0.25) is 0 Å². The van der Waals surface area contributed by atoms with Gasteiger partial charge in [0.1, 0.15) is 0 Å². The molecule has 0 bridgehead atoms. The smallest absolute Gasteiger partial charge is 0.261 e. The highest BCUT2D eigenvalue weighted by atomic mass is 32.2. The van der Waals surface area contributed by atoms with Crippen molar-refractivity contribution in [1.29, 1.82) is 0 Å². The first kappa shape index (κ1) is 19.8. The largest absolute Gasteiger partial charge is 0.280 e. The Bertz CT molecular complexity index is 1370. The van der Waals surface area contributed by atoms with E-state index in [2.05, 4.69) is 46.5 Å². The Morgan fingerprint density at radius 2 is 1.61 bits per heavy atom. The maximum absolute atomic E-state index is 12.7. The van der Waals surface area contributed by atoms with Crippen LogP contribution in [0.5, 0.6) is 0 Å². The van der Waals surface area contributed by atoms with Crippen LogP contribution in [0.3, 0.4) is 0 Å². The number of sulfonamides is 1. The highest BCUT2D eigenvalue weighted by Crippen LogP contribution is 2.37. The Hall–Kier alpha value is -3.15. The predicted octanol–water partition coefficient (Wildman–Crippen LogP) is 6.24. The van der Waals surface area contributed by atoms with Gasteiger partial charge in [-0.05, 0) is 82.5 Å². The van der Waals surface area contributed by atoms with Crippen LogP contribution in [0.4, 0.5) is 5.69 Å². The third kappa shape index (κ3) is 4.07. The zero-order valence-corrected chi connectivity index (χ0v) is 18.4. The van der Waals surface area contributed by atoms with Gasteiger partial charge in [-0.2, -0.15) is 0 Å². The molecule has 5 heteroatoms. The lowest BCUT2D eigenvalue weighted by Crippen LogP contribution is -2.12. The van der Waals surface area contributed by atoms with Crippen molar-refractivity contribution < 1.29 is 8.42 Å². The van der Waals surface area contributed by atoms with Gasteiger partial charge in [0.25, 0.3) is 10.0 Å². The molecule has 154 valence electrons. The summed E-state index contributed by atoms with van der Waals surface area (Å²) in [4.78, 5) is 1.64. The molecule has 0 spiro atoms. The Morgan fingerprint density at radius 3 is 2.48 bits per heavy atom. The standard InChI is InChI=1S/C26H21NO2S2/c28-31(29,22-10-2-1-3-11-22)27-21-9-6-7-19(17-21)18-25-23-12-5-4-8-20(23)13-14-26-24(25)15-16-30-26/h1-12,15-18,27H,13-14H2/b25-18-. The molecule has 0 radical (unpaired) electrons. The van der Waals surface area contributed by atoms with E-state index in [1.54, 1.807) is 47.7 Å². The number of fused-ring (bicyclic) bond motifs is 2. The minimum Gasteiger partial charge on any atom is -0.280 e. The number of benzene rings is 3. The van der Waals surface area contributed by atoms with Crippen LogP contribution >= 0.6 is 11.3 Å². The fourth-order valence-corrected chi connectivity index (χ4v) is 5.96. The highest BCUT2D eigenvalue weighted by Gasteiger charge is 2.19. The van der Waals surface area contributed by atoms with Crippen LogP contribution in [0, 0.1) is 0 Å². The van der Waals surface area contributed by atoms with Gasteiger partial charge in [0.15, 0.2) is 0 Å². The monoisotopic (exact) mass is 443 g/mol. The number of rotatable bonds is 4. The van der Waals surface area contributed by atoms with E-state index in [0.29, 0.717) is 5.69 Å². The van der Waals surface area contributed by atoms with Crippen molar-refractivity contribution >= 4 is 38.7 Å². The van der Waals surface area contributed by atoms with Crippen LogP contribution in [0.15, 0.2) is 95.2 Å². The van der Waals surface area contributed by atoms with Gasteiger partial charge in [0.05, 0.1) is 4.90 Å². The van der Waals surface area contributed by atoms with Gasteiger partial charge in [-0.3, -0.25) is 4.72 Å². The summed E-state index contributed by atoms with van der Waals surface area (Å²) in [5.41, 5.74) is 6.55. The summed E-state index contributed by atoms with van der Waals surface area (Å²) in [6.45, 7) is 0. The SMILES string of the molecule is O=S(=O)(Nc1cccc(/C=C2/c3ccccc3CCc3sccc32)c1)c1ccccc1. The van der Waals surface area contributed by atoms with Gasteiger partial charge >= 0.3 is 0 Å². The quantitative estimate of drug-likeness (QED) is 0.406. The number of nitrogens with one attached hydrogen (secondary N) is 1. The molecule has 4 aromatic rings. The van der Waals surface area contributed by atoms with Crippen molar-refractivity contribution in [3.8, 4) is 0 Å². The van der Waals surface area contributed by atoms with E-state index in [1.165, 1.54) is 27.1 Å². The van der Waals surface area contributed by atoms with Gasteiger partial charge in [-0.15, -0.1) is 11.3 Å². The lowest BCUT2D eigenvalue weighted by molar-refractivity contribution is 0.601. The molecule has 31 heavy (non-hydrogen) atoms. The van der Waals surface area contributed by atoms with Crippen LogP contribution in [-0.4, -0.2) is 8.42 Å². The normalized spacial score (nSPS) is 14.5. The van der Waals surface area contributed by atoms with E-state index in [0.717, 1.165) is 18.4 Å². The van der Waals surface area contributed by atoms with Crippen LogP contribution < -0.4 is 4.72 Å². The molecule has 1 heterocycles. The first-order valence-corrected chi connectivity index (χ1v) is 12.5. The molecule has 0 aliphatic heterocycles. The van der Waals surface area contributed by atoms with E-state index >= 15 is 0 Å². The molecule has 1 N–H and O–H groups in total. The summed E-state index contributed by atoms with van der Waals surface area (Å²) in [6.07, 6.45) is 4.23. The minimum absolute atomic E-state index is 0.249. The van der Waals surface area contributed by atoms with Gasteiger partial charge < -0.3 is 0 Å². The Kier molecular flexibility index (Phi) is 5.22. The molecule has 0 saturated carbocycles. The third-order valence-corrected chi connectivity index (χ3v) is 7.85. The number of hydrogen-bond donors (Lipinski definition) is 1. The van der Waals surface area contributed by atoms with E-state index in [9.17, 15) is 8.42 Å². The molecule has 1 aromatic heterocycles. The summed E-state index contributed by atoms with van der Waals surface area (Å²) < 4.78 is 28.1. The average Bonchev–Trinajstić information content (AvgIpc) is 3.20. The molecule has 3 aromatic carbocycles. The second-order valence-electron chi connectivity index (χ2n) is 7.52. The van der Waals surface area contributed by atoms with Crippen molar-refractivity contribution in [3.63, 3.8) is 0 Å². The van der Waals surface area contributed by atoms with Crippen LogP contribution in [0.25, 0.3) is 11.6 Å². The first-order valence-electron chi connectivity index (χ1n) is 10.1. The molecule has 0 saturated heterocycles. The zero-order valence-electron chi connectivity index (χ0n) is 16.8. The second kappa shape index (κ2) is 8.17. The van der Waals surface area contributed by atoms with Crippen molar-refractivity contribution in [1.82, 2.24) is 0 Å². The summed E-state index contributed by atoms with van der Waals surface area (Å²) in [6, 6.07) is 26.7. The van der Waals surface area contributed by atoms with Crippen molar-refractivity contribution in [2.24, 2.45) is 0 Å². The van der Waals surface area contributed by atoms with Crippen molar-refractivity contribution in [2.45, 2.75) is 17.7 Å². The van der Waals surface area contributed by atoms with Gasteiger partial charge in [0, 0.05) is 10.6 Å². The first-order chi connectivity index (χ1) is 15.1. The summed E-state index contributed by atoms with van der Waals surface area (Å²) in [5.74, 6) is 0. The van der Waals surface area contributed by atoms with Crippen LogP contribution in [-0.2, 0) is 22.9 Å². The molecule has 0 unspecified atom stereocenters. The average molecular weight is 444 g/mol. The predicted molar refractivity (Wildman–Crippen MR) is 129 cm³/mol. The fourth-order valence-electron chi connectivity index (χ4n) is 4.00. The number of thiophene rings is 1. The van der Waals surface area contributed by atoms with Gasteiger partial charge in [0.2, 0.25) is 0 Å². The summed E-state index contributed by atoms with van der Waals surface area (Å²) in [7, 11) is -3.63. The van der Waals surface area contributed by atoms with Crippen molar-refractivity contribution in [2.75, 3.05) is 4.72 Å². The van der Waals surface area contributed by atoms with Crippen molar-refractivity contribution in [3.05, 3.63) is 117 Å². The fraction of sp³-hybridized carbons (Fsp3) is 0.0769. The maximum atomic E-state index is 12.7. The van der Waals surface area contributed by atoms with Gasteiger partial charge in [-0.1, -0.05) is 54.6 Å². The molecule has 0 fully saturated rings. The molecule has 5 rings (SSSR count). The minimum atomic E-state index is -3.63. The third-order valence-electron chi connectivity index (χ3n) is 5.47. The van der Waals surface area contributed by atoms with E-state index in [1.807, 2.05) is 18.2 Å². The molecular formula is C26H21NO2S2. The highest BCUT2D eigenvalue weighted by molar-refractivity contribution is 7.92. The number of aryl methyl sites for hydroxylation is 2. The number of hydrogen-bond acceptors (Lipinski definition) is 3. The maximum Gasteiger partial charge on any atom is 0.261 e. The Labute approximate surface area is 186 Å². The second-order valence-corrected chi connectivity index (χ2v) is 10.2. The molecule has 0 amide bonds. The van der Waals surface area contributed by atoms with E-state index < -0.39 is 10.0 Å².